The molecule has 0 saturated heterocycles. The van der Waals surface area contributed by atoms with Crippen LogP contribution in [0.25, 0.3) is 0 Å². The van der Waals surface area contributed by atoms with Crippen LogP contribution in [0.4, 0.5) is 0 Å². The topological polar surface area (TPSA) is 12.0 Å². The van der Waals surface area contributed by atoms with Crippen LogP contribution in [0, 0.1) is 6.92 Å². The minimum absolute atomic E-state index is 1.09. The molecular weight excluding hydrogens is 202 g/mol. The second kappa shape index (κ2) is 7.77. The summed E-state index contributed by atoms with van der Waals surface area (Å²) in [5, 5.41) is 3.35. The molecule has 0 bridgehead atoms. The van der Waals surface area contributed by atoms with E-state index in [1.807, 2.05) is 11.8 Å². The van der Waals surface area contributed by atoms with Crippen molar-refractivity contribution in [3.05, 3.63) is 29.8 Å². The van der Waals surface area contributed by atoms with Crippen LogP contribution >= 0.6 is 11.8 Å². The molecule has 2 heteroatoms. The fraction of sp³-hybridized carbons (Fsp3) is 0.538. The molecule has 0 saturated carbocycles. The summed E-state index contributed by atoms with van der Waals surface area (Å²) in [6.45, 7) is 6.58. The van der Waals surface area contributed by atoms with Gasteiger partial charge in [-0.1, -0.05) is 25.1 Å². The quantitative estimate of drug-likeness (QED) is 0.561. The van der Waals surface area contributed by atoms with Crippen LogP contribution in [0.2, 0.25) is 0 Å². The molecule has 15 heavy (non-hydrogen) atoms. The average Bonchev–Trinajstić information content (AvgIpc) is 2.25. The molecule has 0 amide bonds. The highest BCUT2D eigenvalue weighted by atomic mass is 32.2. The van der Waals surface area contributed by atoms with Crippen LogP contribution in [0.1, 0.15) is 25.3 Å². The highest BCUT2D eigenvalue weighted by molar-refractivity contribution is 7.99. The van der Waals surface area contributed by atoms with E-state index in [1.165, 1.54) is 29.1 Å². The number of benzene rings is 1. The van der Waals surface area contributed by atoms with E-state index in [1.54, 1.807) is 0 Å². The predicted octanol–water partition coefficient (Wildman–Crippen LogP) is 3.48. The molecule has 0 atom stereocenters. The van der Waals surface area contributed by atoms with E-state index in [0.29, 0.717) is 0 Å². The van der Waals surface area contributed by atoms with E-state index < -0.39 is 0 Å². The molecule has 0 spiro atoms. The van der Waals surface area contributed by atoms with Gasteiger partial charge in [-0.25, -0.2) is 0 Å². The Morgan fingerprint density at radius 2 is 2.00 bits per heavy atom. The fourth-order valence-corrected chi connectivity index (χ4v) is 2.47. The summed E-state index contributed by atoms with van der Waals surface area (Å²) >= 11 is 1.98. The molecule has 84 valence electrons. The lowest BCUT2D eigenvalue weighted by Crippen LogP contribution is -2.13. The first-order chi connectivity index (χ1) is 7.34. The van der Waals surface area contributed by atoms with Crippen molar-refractivity contribution >= 4 is 11.8 Å². The number of rotatable bonds is 7. The number of hydrogen-bond donors (Lipinski definition) is 1. The molecule has 1 rings (SSSR count). The third-order valence-corrected chi connectivity index (χ3v) is 3.61. The summed E-state index contributed by atoms with van der Waals surface area (Å²) in [6.07, 6.45) is 2.58. The first kappa shape index (κ1) is 12.6. The van der Waals surface area contributed by atoms with Crippen LogP contribution in [0.3, 0.4) is 0 Å². The van der Waals surface area contributed by atoms with Crippen LogP contribution < -0.4 is 5.32 Å². The highest BCUT2D eigenvalue weighted by Gasteiger charge is 1.96. The van der Waals surface area contributed by atoms with E-state index in [-0.39, 0.29) is 0 Å². The molecule has 0 aliphatic heterocycles. The summed E-state index contributed by atoms with van der Waals surface area (Å²) in [5.41, 5.74) is 1.40. The summed E-state index contributed by atoms with van der Waals surface area (Å²) in [5.74, 6) is 1.23. The maximum atomic E-state index is 3.35. The van der Waals surface area contributed by atoms with Gasteiger partial charge < -0.3 is 5.32 Å². The Labute approximate surface area is 97.7 Å². The van der Waals surface area contributed by atoms with Crippen molar-refractivity contribution < 1.29 is 0 Å². The monoisotopic (exact) mass is 223 g/mol. The maximum Gasteiger partial charge on any atom is 0.0101 e. The smallest absolute Gasteiger partial charge is 0.0101 e. The Bertz CT molecular complexity index is 273. The molecule has 0 radical (unpaired) electrons. The zero-order chi connectivity index (χ0) is 10.9. The largest absolute Gasteiger partial charge is 0.317 e. The van der Waals surface area contributed by atoms with Crippen LogP contribution in [-0.4, -0.2) is 18.8 Å². The Kier molecular flexibility index (Phi) is 6.53. The van der Waals surface area contributed by atoms with Gasteiger partial charge in [0.25, 0.3) is 0 Å². The fourth-order valence-electron chi connectivity index (χ4n) is 1.43. The molecule has 1 N–H and O–H groups in total. The highest BCUT2D eigenvalue weighted by Crippen LogP contribution is 2.22. The van der Waals surface area contributed by atoms with Crippen LogP contribution in [0.5, 0.6) is 0 Å². The third kappa shape index (κ3) is 5.24. The molecule has 0 unspecified atom stereocenters. The SMILES string of the molecule is CCNCCCCSc1ccccc1C. The zero-order valence-corrected chi connectivity index (χ0v) is 10.6. The van der Waals surface area contributed by atoms with E-state index in [2.05, 4.69) is 43.4 Å². The molecule has 1 aromatic rings. The number of aryl methyl sites for hydroxylation is 1. The lowest BCUT2D eigenvalue weighted by atomic mass is 10.2. The molecular formula is C13H21NS. The van der Waals surface area contributed by atoms with Gasteiger partial charge in [0, 0.05) is 4.90 Å². The van der Waals surface area contributed by atoms with Crippen molar-refractivity contribution in [3.8, 4) is 0 Å². The molecule has 1 nitrogen and oxygen atoms in total. The third-order valence-electron chi connectivity index (χ3n) is 2.35. The first-order valence-corrected chi connectivity index (χ1v) is 6.72. The summed E-state index contributed by atoms with van der Waals surface area (Å²) < 4.78 is 0. The molecule has 0 heterocycles. The van der Waals surface area contributed by atoms with E-state index in [9.17, 15) is 0 Å². The Morgan fingerprint density at radius 1 is 1.20 bits per heavy atom. The predicted molar refractivity (Wildman–Crippen MR) is 69.7 cm³/mol. The number of hydrogen-bond acceptors (Lipinski definition) is 2. The molecule has 0 aromatic heterocycles. The van der Waals surface area contributed by atoms with Gasteiger partial charge in [0.2, 0.25) is 0 Å². The second-order valence-electron chi connectivity index (χ2n) is 3.67. The van der Waals surface area contributed by atoms with Crippen molar-refractivity contribution in [2.45, 2.75) is 31.6 Å². The number of unbranched alkanes of at least 4 members (excludes halogenated alkanes) is 1. The minimum atomic E-state index is 1.09. The molecule has 1 aromatic carbocycles. The minimum Gasteiger partial charge on any atom is -0.317 e. The van der Waals surface area contributed by atoms with Crippen molar-refractivity contribution in [1.29, 1.82) is 0 Å². The lowest BCUT2D eigenvalue weighted by Gasteiger charge is -2.05. The molecule has 0 fully saturated rings. The van der Waals surface area contributed by atoms with Gasteiger partial charge in [0.15, 0.2) is 0 Å². The van der Waals surface area contributed by atoms with Gasteiger partial charge in [-0.05, 0) is 50.2 Å². The summed E-state index contributed by atoms with van der Waals surface area (Å²) in [4.78, 5) is 1.43. The summed E-state index contributed by atoms with van der Waals surface area (Å²) in [7, 11) is 0. The van der Waals surface area contributed by atoms with Crippen LogP contribution in [0.15, 0.2) is 29.2 Å². The van der Waals surface area contributed by atoms with Crippen molar-refractivity contribution in [2.75, 3.05) is 18.8 Å². The Hall–Kier alpha value is -0.470. The van der Waals surface area contributed by atoms with E-state index in [4.69, 9.17) is 0 Å². The number of nitrogens with one attached hydrogen (secondary N) is 1. The van der Waals surface area contributed by atoms with E-state index in [0.717, 1.165) is 13.1 Å². The zero-order valence-electron chi connectivity index (χ0n) is 9.75. The standard InChI is InChI=1S/C13H21NS/c1-3-14-10-6-7-11-15-13-9-5-4-8-12(13)2/h4-5,8-9,14H,3,6-7,10-11H2,1-2H3. The number of thioether (sulfide) groups is 1. The molecule has 0 aliphatic rings. The average molecular weight is 223 g/mol. The van der Waals surface area contributed by atoms with Gasteiger partial charge in [0.1, 0.15) is 0 Å². The van der Waals surface area contributed by atoms with Gasteiger partial charge in [0.05, 0.1) is 0 Å². The van der Waals surface area contributed by atoms with Crippen molar-refractivity contribution in [2.24, 2.45) is 0 Å². The van der Waals surface area contributed by atoms with Gasteiger partial charge in [-0.2, -0.15) is 0 Å². The first-order valence-electron chi connectivity index (χ1n) is 5.73. The van der Waals surface area contributed by atoms with Gasteiger partial charge in [-0.15, -0.1) is 11.8 Å². The lowest BCUT2D eigenvalue weighted by molar-refractivity contribution is 0.666. The second-order valence-corrected chi connectivity index (χ2v) is 4.81. The van der Waals surface area contributed by atoms with Crippen LogP contribution in [-0.2, 0) is 0 Å². The molecule has 0 aliphatic carbocycles. The Morgan fingerprint density at radius 3 is 2.73 bits per heavy atom. The Balaban J connectivity index is 2.12. The van der Waals surface area contributed by atoms with Crippen molar-refractivity contribution in [3.63, 3.8) is 0 Å². The normalized spacial score (nSPS) is 10.5. The van der Waals surface area contributed by atoms with Gasteiger partial charge >= 0.3 is 0 Å². The van der Waals surface area contributed by atoms with Crippen molar-refractivity contribution in [1.82, 2.24) is 5.32 Å². The van der Waals surface area contributed by atoms with E-state index >= 15 is 0 Å². The maximum absolute atomic E-state index is 3.35. The summed E-state index contributed by atoms with van der Waals surface area (Å²) in [6, 6.07) is 8.61. The van der Waals surface area contributed by atoms with Gasteiger partial charge in [-0.3, -0.25) is 0 Å².